The quantitative estimate of drug-likeness (QED) is 0.802. The molecular weight excluding hydrogens is 285 g/mol. The van der Waals surface area contributed by atoms with Gasteiger partial charge in [-0.05, 0) is 31.2 Å². The standard InChI is InChI=1S/C14H23F3N2S/c1-9(2)5-6-12-19-13(14(15,16)17)11(20-12)8-18-7-10(3)4/h9-10,18H,5-8H2,1-4H3. The Morgan fingerprint density at radius 3 is 2.30 bits per heavy atom. The lowest BCUT2D eigenvalue weighted by Gasteiger charge is -2.08. The summed E-state index contributed by atoms with van der Waals surface area (Å²) in [4.78, 5) is 4.11. The van der Waals surface area contributed by atoms with Crippen molar-refractivity contribution in [3.8, 4) is 0 Å². The van der Waals surface area contributed by atoms with Gasteiger partial charge in [-0.2, -0.15) is 13.2 Å². The summed E-state index contributed by atoms with van der Waals surface area (Å²) in [7, 11) is 0. The second kappa shape index (κ2) is 7.41. The van der Waals surface area contributed by atoms with Gasteiger partial charge in [-0.15, -0.1) is 11.3 Å². The van der Waals surface area contributed by atoms with Crippen LogP contribution in [0.3, 0.4) is 0 Å². The summed E-state index contributed by atoms with van der Waals surface area (Å²) < 4.78 is 38.9. The highest BCUT2D eigenvalue weighted by molar-refractivity contribution is 7.11. The maximum absolute atomic E-state index is 13.0. The number of aromatic nitrogens is 1. The summed E-state index contributed by atoms with van der Waals surface area (Å²) in [5.41, 5.74) is -0.711. The lowest BCUT2D eigenvalue weighted by molar-refractivity contribution is -0.141. The van der Waals surface area contributed by atoms with E-state index in [9.17, 15) is 13.2 Å². The van der Waals surface area contributed by atoms with Crippen molar-refractivity contribution in [2.45, 2.75) is 53.3 Å². The average molecular weight is 308 g/mol. The molecule has 0 aliphatic carbocycles. The molecule has 2 nitrogen and oxygen atoms in total. The lowest BCUT2D eigenvalue weighted by Crippen LogP contribution is -2.20. The normalized spacial score (nSPS) is 12.7. The summed E-state index contributed by atoms with van der Waals surface area (Å²) >= 11 is 1.19. The topological polar surface area (TPSA) is 24.9 Å². The number of thiazole rings is 1. The summed E-state index contributed by atoms with van der Waals surface area (Å²) in [6, 6.07) is 0. The first kappa shape index (κ1) is 17.4. The van der Waals surface area contributed by atoms with Gasteiger partial charge in [0.2, 0.25) is 0 Å². The first-order valence-corrected chi connectivity index (χ1v) is 7.78. The van der Waals surface area contributed by atoms with Gasteiger partial charge in [-0.1, -0.05) is 27.7 Å². The van der Waals surface area contributed by atoms with E-state index >= 15 is 0 Å². The highest BCUT2D eigenvalue weighted by Gasteiger charge is 2.37. The first-order chi connectivity index (χ1) is 9.20. The van der Waals surface area contributed by atoms with Gasteiger partial charge in [0.25, 0.3) is 0 Å². The van der Waals surface area contributed by atoms with Gasteiger partial charge in [-0.25, -0.2) is 4.98 Å². The highest BCUT2D eigenvalue weighted by atomic mass is 32.1. The molecule has 0 saturated heterocycles. The van der Waals surface area contributed by atoms with Gasteiger partial charge < -0.3 is 5.32 Å². The van der Waals surface area contributed by atoms with Crippen LogP contribution >= 0.6 is 11.3 Å². The van der Waals surface area contributed by atoms with E-state index in [1.165, 1.54) is 11.3 Å². The Balaban J connectivity index is 2.78. The van der Waals surface area contributed by atoms with Crippen molar-refractivity contribution in [3.63, 3.8) is 0 Å². The third kappa shape index (κ3) is 5.79. The van der Waals surface area contributed by atoms with Crippen LogP contribution in [0.2, 0.25) is 0 Å². The predicted octanol–water partition coefficient (Wildman–Crippen LogP) is 4.50. The van der Waals surface area contributed by atoms with Crippen LogP contribution in [0.5, 0.6) is 0 Å². The Kier molecular flexibility index (Phi) is 6.45. The van der Waals surface area contributed by atoms with E-state index in [2.05, 4.69) is 24.1 Å². The van der Waals surface area contributed by atoms with Crippen LogP contribution in [0.25, 0.3) is 0 Å². The number of hydrogen-bond donors (Lipinski definition) is 1. The van der Waals surface area contributed by atoms with Gasteiger partial charge in [-0.3, -0.25) is 0 Å². The third-order valence-electron chi connectivity index (χ3n) is 2.78. The van der Waals surface area contributed by atoms with Gasteiger partial charge in [0, 0.05) is 6.54 Å². The van der Waals surface area contributed by atoms with Crippen molar-refractivity contribution in [2.24, 2.45) is 11.8 Å². The molecule has 0 radical (unpaired) electrons. The molecule has 0 fully saturated rings. The second-order valence-electron chi connectivity index (χ2n) is 5.83. The Bertz CT molecular complexity index is 411. The van der Waals surface area contributed by atoms with Crippen molar-refractivity contribution < 1.29 is 13.2 Å². The van der Waals surface area contributed by atoms with E-state index in [1.807, 2.05) is 13.8 Å². The van der Waals surface area contributed by atoms with Crippen LogP contribution in [0, 0.1) is 11.8 Å². The van der Waals surface area contributed by atoms with Crippen molar-refractivity contribution >= 4 is 11.3 Å². The van der Waals surface area contributed by atoms with Crippen LogP contribution < -0.4 is 5.32 Å². The van der Waals surface area contributed by atoms with Gasteiger partial charge in [0.1, 0.15) is 0 Å². The average Bonchev–Trinajstić information content (AvgIpc) is 2.69. The van der Waals surface area contributed by atoms with Crippen LogP contribution in [-0.2, 0) is 19.1 Å². The predicted molar refractivity (Wildman–Crippen MR) is 76.8 cm³/mol. The molecule has 0 atom stereocenters. The Morgan fingerprint density at radius 2 is 1.80 bits per heavy atom. The molecule has 0 bridgehead atoms. The molecule has 1 aromatic rings. The molecule has 20 heavy (non-hydrogen) atoms. The molecule has 0 saturated carbocycles. The van der Waals surface area contributed by atoms with E-state index in [0.717, 1.165) is 6.42 Å². The van der Waals surface area contributed by atoms with Crippen molar-refractivity contribution in [2.75, 3.05) is 6.54 Å². The minimum absolute atomic E-state index is 0.242. The lowest BCUT2D eigenvalue weighted by atomic mass is 10.1. The number of hydrogen-bond acceptors (Lipinski definition) is 3. The maximum Gasteiger partial charge on any atom is 0.434 e. The molecule has 0 aromatic carbocycles. The van der Waals surface area contributed by atoms with E-state index in [1.54, 1.807) is 0 Å². The van der Waals surface area contributed by atoms with E-state index < -0.39 is 11.9 Å². The summed E-state index contributed by atoms with van der Waals surface area (Å²) in [6.07, 6.45) is -2.87. The fraction of sp³-hybridized carbons (Fsp3) is 0.786. The summed E-state index contributed by atoms with van der Waals surface area (Å²) in [5, 5.41) is 3.65. The summed E-state index contributed by atoms with van der Waals surface area (Å²) in [5.74, 6) is 0.883. The first-order valence-electron chi connectivity index (χ1n) is 6.96. The van der Waals surface area contributed by atoms with Crippen LogP contribution in [0.4, 0.5) is 13.2 Å². The van der Waals surface area contributed by atoms with E-state index in [4.69, 9.17) is 0 Å². The number of nitrogens with one attached hydrogen (secondary N) is 1. The largest absolute Gasteiger partial charge is 0.434 e. The molecule has 1 rings (SSSR count). The Hall–Kier alpha value is -0.620. The molecule has 0 aliphatic rings. The number of aryl methyl sites for hydroxylation is 1. The number of alkyl halides is 3. The zero-order chi connectivity index (χ0) is 15.3. The fourth-order valence-corrected chi connectivity index (χ4v) is 2.81. The molecule has 1 heterocycles. The maximum atomic E-state index is 13.0. The minimum Gasteiger partial charge on any atom is -0.312 e. The SMILES string of the molecule is CC(C)CCc1nc(C(F)(F)F)c(CNCC(C)C)s1. The molecule has 1 N–H and O–H groups in total. The molecule has 0 unspecified atom stereocenters. The molecule has 116 valence electrons. The molecule has 6 heteroatoms. The molecule has 0 aliphatic heterocycles. The second-order valence-corrected chi connectivity index (χ2v) is 7.00. The minimum atomic E-state index is -4.36. The third-order valence-corrected chi connectivity index (χ3v) is 3.90. The Morgan fingerprint density at radius 1 is 1.15 bits per heavy atom. The number of halogens is 3. The molecular formula is C14H23F3N2S. The van der Waals surface area contributed by atoms with E-state index in [0.29, 0.717) is 34.7 Å². The van der Waals surface area contributed by atoms with E-state index in [-0.39, 0.29) is 6.54 Å². The number of nitrogens with zero attached hydrogens (tertiary/aromatic N) is 1. The van der Waals surface area contributed by atoms with Crippen molar-refractivity contribution in [1.29, 1.82) is 0 Å². The zero-order valence-electron chi connectivity index (χ0n) is 12.5. The molecule has 0 amide bonds. The molecule has 0 spiro atoms. The number of rotatable bonds is 7. The van der Waals surface area contributed by atoms with Crippen LogP contribution in [-0.4, -0.2) is 11.5 Å². The van der Waals surface area contributed by atoms with Crippen molar-refractivity contribution in [3.05, 3.63) is 15.6 Å². The van der Waals surface area contributed by atoms with Gasteiger partial charge in [0.15, 0.2) is 5.69 Å². The van der Waals surface area contributed by atoms with Crippen LogP contribution in [0.1, 0.15) is 49.7 Å². The highest BCUT2D eigenvalue weighted by Crippen LogP contribution is 2.34. The Labute approximate surface area is 122 Å². The summed E-state index contributed by atoms with van der Waals surface area (Å²) in [6.45, 7) is 9.12. The smallest absolute Gasteiger partial charge is 0.312 e. The fourth-order valence-electron chi connectivity index (χ4n) is 1.74. The van der Waals surface area contributed by atoms with Crippen molar-refractivity contribution in [1.82, 2.24) is 10.3 Å². The van der Waals surface area contributed by atoms with Crippen LogP contribution in [0.15, 0.2) is 0 Å². The zero-order valence-corrected chi connectivity index (χ0v) is 13.3. The van der Waals surface area contributed by atoms with Gasteiger partial charge >= 0.3 is 6.18 Å². The monoisotopic (exact) mass is 308 g/mol. The molecule has 1 aromatic heterocycles. The van der Waals surface area contributed by atoms with Gasteiger partial charge in [0.05, 0.1) is 9.88 Å².